The Morgan fingerprint density at radius 1 is 1.13 bits per heavy atom. The molecule has 0 bridgehead atoms. The van der Waals surface area contributed by atoms with Gasteiger partial charge in [0.15, 0.2) is 5.96 Å². The van der Waals surface area contributed by atoms with Crippen molar-refractivity contribution in [1.82, 2.24) is 15.6 Å². The van der Waals surface area contributed by atoms with Crippen LogP contribution in [0.15, 0.2) is 53.5 Å². The minimum atomic E-state index is -0.0841. The van der Waals surface area contributed by atoms with E-state index in [0.717, 1.165) is 12.2 Å². The highest BCUT2D eigenvalue weighted by molar-refractivity contribution is 14.0. The van der Waals surface area contributed by atoms with E-state index in [4.69, 9.17) is 4.74 Å². The van der Waals surface area contributed by atoms with Crippen LogP contribution in [0.25, 0.3) is 0 Å². The minimum absolute atomic E-state index is 0. The fourth-order valence-corrected chi connectivity index (χ4v) is 2.71. The molecule has 1 unspecified atom stereocenters. The van der Waals surface area contributed by atoms with Gasteiger partial charge in [0.25, 0.3) is 0 Å². The molecule has 2 aromatic rings. The van der Waals surface area contributed by atoms with E-state index in [-0.39, 0.29) is 29.9 Å². The molecule has 0 aliphatic rings. The Morgan fingerprint density at radius 3 is 2.61 bits per heavy atom. The van der Waals surface area contributed by atoms with Crippen molar-refractivity contribution in [2.75, 3.05) is 31.6 Å². The number of pyridine rings is 1. The second kappa shape index (κ2) is 15.6. The number of rotatable bonds is 11. The molecule has 1 aromatic carbocycles. The molecule has 0 saturated heterocycles. The Bertz CT molecular complexity index is 802. The third-order valence-corrected chi connectivity index (χ3v) is 4.22. The van der Waals surface area contributed by atoms with Crippen molar-refractivity contribution >= 4 is 41.7 Å². The SMILES string of the molecule is CCNC(=NCC(C)COCc1ccccc1)NCCC(=O)Nc1cccc(C)n1.I. The summed E-state index contributed by atoms with van der Waals surface area (Å²) in [6.07, 6.45) is 0.329. The number of hydrogen-bond acceptors (Lipinski definition) is 4. The molecule has 7 nitrogen and oxygen atoms in total. The molecule has 2 rings (SSSR count). The van der Waals surface area contributed by atoms with Gasteiger partial charge in [0, 0.05) is 31.7 Å². The summed E-state index contributed by atoms with van der Waals surface area (Å²) in [6.45, 7) is 9.15. The summed E-state index contributed by atoms with van der Waals surface area (Å²) in [5, 5.41) is 9.22. The fraction of sp³-hybridized carbons (Fsp3) is 0.435. The molecule has 170 valence electrons. The van der Waals surface area contributed by atoms with Crippen LogP contribution in [-0.4, -0.2) is 43.1 Å². The van der Waals surface area contributed by atoms with Gasteiger partial charge in [-0.25, -0.2) is 4.98 Å². The van der Waals surface area contributed by atoms with Crippen molar-refractivity contribution in [3.63, 3.8) is 0 Å². The van der Waals surface area contributed by atoms with Crippen LogP contribution in [0.5, 0.6) is 0 Å². The average molecular weight is 539 g/mol. The van der Waals surface area contributed by atoms with Crippen LogP contribution >= 0.6 is 24.0 Å². The van der Waals surface area contributed by atoms with Gasteiger partial charge >= 0.3 is 0 Å². The highest BCUT2D eigenvalue weighted by atomic mass is 127. The van der Waals surface area contributed by atoms with Crippen molar-refractivity contribution in [3.05, 3.63) is 59.8 Å². The molecular formula is C23H34IN5O2. The number of aliphatic imine (C=N–C) groups is 1. The number of carbonyl (C=O) groups excluding carboxylic acids is 1. The Morgan fingerprint density at radius 2 is 1.90 bits per heavy atom. The monoisotopic (exact) mass is 539 g/mol. The number of nitrogens with zero attached hydrogens (tertiary/aromatic N) is 2. The summed E-state index contributed by atoms with van der Waals surface area (Å²) in [4.78, 5) is 21.0. The Kier molecular flexibility index (Phi) is 13.5. The average Bonchev–Trinajstić information content (AvgIpc) is 2.73. The predicted molar refractivity (Wildman–Crippen MR) is 137 cm³/mol. The summed E-state index contributed by atoms with van der Waals surface area (Å²) >= 11 is 0. The molecule has 0 aliphatic carbocycles. The summed E-state index contributed by atoms with van der Waals surface area (Å²) < 4.78 is 5.78. The molecule has 0 fully saturated rings. The van der Waals surface area contributed by atoms with E-state index in [9.17, 15) is 4.79 Å². The second-order valence-corrected chi connectivity index (χ2v) is 7.21. The largest absolute Gasteiger partial charge is 0.376 e. The van der Waals surface area contributed by atoms with Gasteiger partial charge in [0.2, 0.25) is 5.91 Å². The smallest absolute Gasteiger partial charge is 0.227 e. The van der Waals surface area contributed by atoms with Crippen molar-refractivity contribution < 1.29 is 9.53 Å². The first-order valence-corrected chi connectivity index (χ1v) is 10.4. The Hall–Kier alpha value is -2.20. The third-order valence-electron chi connectivity index (χ3n) is 4.22. The molecule has 0 saturated carbocycles. The van der Waals surface area contributed by atoms with Crippen LogP contribution in [0.4, 0.5) is 5.82 Å². The normalized spacial score (nSPS) is 11.9. The number of ether oxygens (including phenoxy) is 1. The highest BCUT2D eigenvalue weighted by Crippen LogP contribution is 2.05. The molecule has 0 radical (unpaired) electrons. The standard InChI is InChI=1S/C23H33N5O2.HI/c1-4-24-23(25-14-13-22(29)28-21-12-8-9-19(3)27-21)26-15-18(2)16-30-17-20-10-6-5-7-11-20;/h5-12,18H,4,13-17H2,1-3H3,(H2,24,25,26)(H,27,28,29);1H. The van der Waals surface area contributed by atoms with Crippen LogP contribution in [0, 0.1) is 12.8 Å². The van der Waals surface area contributed by atoms with Crippen molar-refractivity contribution in [1.29, 1.82) is 0 Å². The molecule has 31 heavy (non-hydrogen) atoms. The molecule has 1 aromatic heterocycles. The van der Waals surface area contributed by atoms with E-state index in [0.29, 0.717) is 50.4 Å². The first-order chi connectivity index (χ1) is 14.6. The maximum Gasteiger partial charge on any atom is 0.227 e. The van der Waals surface area contributed by atoms with Crippen LogP contribution in [0.1, 0.15) is 31.5 Å². The van der Waals surface area contributed by atoms with Gasteiger partial charge in [-0.15, -0.1) is 24.0 Å². The second-order valence-electron chi connectivity index (χ2n) is 7.21. The number of carbonyl (C=O) groups is 1. The van der Waals surface area contributed by atoms with E-state index < -0.39 is 0 Å². The lowest BCUT2D eigenvalue weighted by molar-refractivity contribution is -0.116. The van der Waals surface area contributed by atoms with E-state index in [1.807, 2.05) is 44.2 Å². The molecular weight excluding hydrogens is 505 g/mol. The quantitative estimate of drug-likeness (QED) is 0.230. The maximum absolute atomic E-state index is 12.1. The van der Waals surface area contributed by atoms with Gasteiger partial charge in [-0.2, -0.15) is 0 Å². The number of aryl methyl sites for hydroxylation is 1. The zero-order valence-corrected chi connectivity index (χ0v) is 20.9. The molecule has 1 heterocycles. The third kappa shape index (κ3) is 11.7. The van der Waals surface area contributed by atoms with Gasteiger partial charge in [-0.05, 0) is 37.5 Å². The number of anilines is 1. The van der Waals surface area contributed by atoms with Gasteiger partial charge < -0.3 is 20.7 Å². The number of aromatic nitrogens is 1. The summed E-state index contributed by atoms with van der Waals surface area (Å²) in [5.41, 5.74) is 2.04. The van der Waals surface area contributed by atoms with Crippen LogP contribution in [-0.2, 0) is 16.1 Å². The number of amides is 1. The van der Waals surface area contributed by atoms with Gasteiger partial charge in [-0.1, -0.05) is 43.3 Å². The van der Waals surface area contributed by atoms with Crippen molar-refractivity contribution in [2.45, 2.75) is 33.8 Å². The van der Waals surface area contributed by atoms with Crippen LogP contribution in [0.2, 0.25) is 0 Å². The molecule has 0 aliphatic heterocycles. The number of halogens is 1. The van der Waals surface area contributed by atoms with Crippen molar-refractivity contribution in [2.24, 2.45) is 10.9 Å². The summed E-state index contributed by atoms with van der Waals surface area (Å²) in [7, 11) is 0. The first-order valence-electron chi connectivity index (χ1n) is 10.4. The zero-order chi connectivity index (χ0) is 21.6. The highest BCUT2D eigenvalue weighted by Gasteiger charge is 2.06. The molecule has 3 N–H and O–H groups in total. The lowest BCUT2D eigenvalue weighted by atomic mass is 10.2. The summed E-state index contributed by atoms with van der Waals surface area (Å²) in [5.74, 6) is 1.48. The molecule has 8 heteroatoms. The van der Waals surface area contributed by atoms with Gasteiger partial charge in [0.1, 0.15) is 5.82 Å². The number of nitrogens with one attached hydrogen (secondary N) is 3. The van der Waals surface area contributed by atoms with E-state index in [1.165, 1.54) is 5.56 Å². The van der Waals surface area contributed by atoms with Gasteiger partial charge in [0.05, 0.1) is 13.2 Å². The number of hydrogen-bond donors (Lipinski definition) is 3. The Balaban J connectivity index is 0.00000480. The topological polar surface area (TPSA) is 87.6 Å². The van der Waals surface area contributed by atoms with Crippen LogP contribution < -0.4 is 16.0 Å². The van der Waals surface area contributed by atoms with E-state index >= 15 is 0 Å². The molecule has 1 atom stereocenters. The lowest BCUT2D eigenvalue weighted by Crippen LogP contribution is -2.39. The lowest BCUT2D eigenvalue weighted by Gasteiger charge is -2.14. The Labute approximate surface area is 202 Å². The fourth-order valence-electron chi connectivity index (χ4n) is 2.71. The minimum Gasteiger partial charge on any atom is -0.376 e. The number of benzene rings is 1. The zero-order valence-electron chi connectivity index (χ0n) is 18.6. The first kappa shape index (κ1) is 26.8. The van der Waals surface area contributed by atoms with Gasteiger partial charge in [-0.3, -0.25) is 9.79 Å². The molecule has 0 spiro atoms. The van der Waals surface area contributed by atoms with E-state index in [2.05, 4.69) is 45.0 Å². The maximum atomic E-state index is 12.1. The van der Waals surface area contributed by atoms with Crippen LogP contribution in [0.3, 0.4) is 0 Å². The summed E-state index contributed by atoms with van der Waals surface area (Å²) in [6, 6.07) is 15.7. The molecule has 1 amide bonds. The number of guanidine groups is 1. The van der Waals surface area contributed by atoms with E-state index in [1.54, 1.807) is 6.07 Å². The predicted octanol–water partition coefficient (Wildman–Crippen LogP) is 3.74. The van der Waals surface area contributed by atoms with Crippen molar-refractivity contribution in [3.8, 4) is 0 Å².